The van der Waals surface area contributed by atoms with E-state index < -0.39 is 0 Å². The molecular weight excluding hydrogens is 256 g/mol. The van der Waals surface area contributed by atoms with Gasteiger partial charge in [-0.25, -0.2) is 4.98 Å². The van der Waals surface area contributed by atoms with Gasteiger partial charge in [0.1, 0.15) is 0 Å². The van der Waals surface area contributed by atoms with Gasteiger partial charge in [0.25, 0.3) is 0 Å². The molecule has 100 valence electrons. The van der Waals surface area contributed by atoms with Crippen LogP contribution in [0.25, 0.3) is 11.3 Å². The first-order valence-corrected chi connectivity index (χ1v) is 7.01. The first-order valence-electron chi connectivity index (χ1n) is 6.20. The molecule has 1 aromatic carbocycles. The van der Waals surface area contributed by atoms with Crippen molar-refractivity contribution in [2.24, 2.45) is 0 Å². The van der Waals surface area contributed by atoms with Gasteiger partial charge in [-0.05, 0) is 26.6 Å². The quantitative estimate of drug-likeness (QED) is 0.801. The first-order chi connectivity index (χ1) is 8.97. The van der Waals surface area contributed by atoms with E-state index >= 15 is 0 Å². The number of aryl methyl sites for hydroxylation is 1. The predicted octanol–water partition coefficient (Wildman–Crippen LogP) is 3.38. The molecule has 3 nitrogen and oxygen atoms in total. The number of carbonyl (C=O) groups is 1. The van der Waals surface area contributed by atoms with Crippen molar-refractivity contribution in [1.29, 1.82) is 0 Å². The molecule has 2 rings (SSSR count). The summed E-state index contributed by atoms with van der Waals surface area (Å²) in [5.41, 5.74) is 3.08. The van der Waals surface area contributed by atoms with Gasteiger partial charge in [0.05, 0.1) is 15.6 Å². The second-order valence-electron chi connectivity index (χ2n) is 4.90. The summed E-state index contributed by atoms with van der Waals surface area (Å²) in [5.74, 6) is 0.0815. The molecule has 0 N–H and O–H groups in total. The third-order valence-corrected chi connectivity index (χ3v) is 3.85. The Labute approximate surface area is 117 Å². The van der Waals surface area contributed by atoms with Crippen molar-refractivity contribution in [2.75, 3.05) is 14.1 Å². The van der Waals surface area contributed by atoms with E-state index in [0.717, 1.165) is 27.7 Å². The van der Waals surface area contributed by atoms with Crippen LogP contribution < -0.4 is 0 Å². The molecule has 0 spiro atoms. The van der Waals surface area contributed by atoms with Crippen molar-refractivity contribution in [3.05, 3.63) is 39.7 Å². The Morgan fingerprint density at radius 1 is 1.26 bits per heavy atom. The highest BCUT2D eigenvalue weighted by Crippen LogP contribution is 2.28. The van der Waals surface area contributed by atoms with Crippen LogP contribution in [0.1, 0.15) is 27.2 Å². The summed E-state index contributed by atoms with van der Waals surface area (Å²) in [5, 5.41) is 0.928. The fourth-order valence-corrected chi connectivity index (χ4v) is 2.83. The second kappa shape index (κ2) is 5.63. The molecule has 0 atom stereocenters. The zero-order chi connectivity index (χ0) is 14.0. The van der Waals surface area contributed by atoms with Crippen LogP contribution in [-0.4, -0.2) is 29.8 Å². The van der Waals surface area contributed by atoms with Crippen molar-refractivity contribution >= 4 is 17.1 Å². The average molecular weight is 274 g/mol. The maximum absolute atomic E-state index is 11.6. The number of thiazole rings is 1. The lowest BCUT2D eigenvalue weighted by Crippen LogP contribution is -2.10. The van der Waals surface area contributed by atoms with E-state index in [4.69, 9.17) is 0 Å². The summed E-state index contributed by atoms with van der Waals surface area (Å²) in [6, 6.07) is 8.27. The summed E-state index contributed by atoms with van der Waals surface area (Å²) in [4.78, 5) is 19.0. The molecule has 0 fully saturated rings. The van der Waals surface area contributed by atoms with E-state index in [1.54, 1.807) is 6.92 Å². The van der Waals surface area contributed by atoms with Gasteiger partial charge in [0.2, 0.25) is 0 Å². The average Bonchev–Trinajstić information content (AvgIpc) is 2.72. The SMILES string of the molecule is CC(=O)c1sc(C)nc1-c1ccc(CN(C)C)cc1. The van der Waals surface area contributed by atoms with Gasteiger partial charge in [0.15, 0.2) is 5.78 Å². The lowest BCUT2D eigenvalue weighted by molar-refractivity contribution is 0.102. The third kappa shape index (κ3) is 3.28. The standard InChI is InChI=1S/C15H18N2OS/c1-10(18)15-14(16-11(2)19-15)13-7-5-12(6-8-13)9-17(3)4/h5-8H,9H2,1-4H3. The number of hydrogen-bond acceptors (Lipinski definition) is 4. The molecule has 0 aliphatic carbocycles. The summed E-state index contributed by atoms with van der Waals surface area (Å²) < 4.78 is 0. The highest BCUT2D eigenvalue weighted by atomic mass is 32.1. The molecule has 0 aliphatic heterocycles. The molecule has 2 aromatic rings. The van der Waals surface area contributed by atoms with Gasteiger partial charge in [-0.1, -0.05) is 24.3 Å². The minimum absolute atomic E-state index is 0.0815. The molecule has 1 aromatic heterocycles. The maximum atomic E-state index is 11.6. The molecule has 19 heavy (non-hydrogen) atoms. The van der Waals surface area contributed by atoms with Crippen LogP contribution in [0.4, 0.5) is 0 Å². The molecule has 0 aliphatic rings. The third-order valence-electron chi connectivity index (χ3n) is 2.78. The Balaban J connectivity index is 2.34. The molecule has 0 saturated carbocycles. The Hall–Kier alpha value is -1.52. The molecule has 4 heteroatoms. The second-order valence-corrected chi connectivity index (χ2v) is 6.10. The normalized spacial score (nSPS) is 11.0. The number of benzene rings is 1. The van der Waals surface area contributed by atoms with Gasteiger partial charge in [-0.2, -0.15) is 0 Å². The Morgan fingerprint density at radius 2 is 1.89 bits per heavy atom. The van der Waals surface area contributed by atoms with Crippen LogP contribution in [0, 0.1) is 6.92 Å². The van der Waals surface area contributed by atoms with E-state index in [0.29, 0.717) is 0 Å². The lowest BCUT2D eigenvalue weighted by atomic mass is 10.1. The number of rotatable bonds is 4. The smallest absolute Gasteiger partial charge is 0.172 e. The summed E-state index contributed by atoms with van der Waals surface area (Å²) in [6.45, 7) is 4.44. The minimum Gasteiger partial charge on any atom is -0.305 e. The van der Waals surface area contributed by atoms with Crippen molar-refractivity contribution in [3.8, 4) is 11.3 Å². The van der Waals surface area contributed by atoms with E-state index in [1.807, 2.05) is 33.2 Å². The highest BCUT2D eigenvalue weighted by Gasteiger charge is 2.14. The van der Waals surface area contributed by atoms with E-state index in [9.17, 15) is 4.79 Å². The van der Waals surface area contributed by atoms with Crippen molar-refractivity contribution in [3.63, 3.8) is 0 Å². The van der Waals surface area contributed by atoms with Crippen LogP contribution in [-0.2, 0) is 6.54 Å². The Morgan fingerprint density at radius 3 is 2.42 bits per heavy atom. The van der Waals surface area contributed by atoms with Crippen LogP contribution in [0.15, 0.2) is 24.3 Å². The predicted molar refractivity (Wildman–Crippen MR) is 79.7 cm³/mol. The summed E-state index contributed by atoms with van der Waals surface area (Å²) in [6.07, 6.45) is 0. The van der Waals surface area contributed by atoms with Gasteiger partial charge < -0.3 is 4.90 Å². The Kier molecular flexibility index (Phi) is 4.12. The van der Waals surface area contributed by atoms with Crippen LogP contribution in [0.5, 0.6) is 0 Å². The topological polar surface area (TPSA) is 33.2 Å². The molecule has 0 saturated heterocycles. The highest BCUT2D eigenvalue weighted by molar-refractivity contribution is 7.14. The molecule has 0 bridgehead atoms. The van der Waals surface area contributed by atoms with E-state index in [2.05, 4.69) is 22.0 Å². The molecule has 0 unspecified atom stereocenters. The zero-order valence-corrected chi connectivity index (χ0v) is 12.5. The fraction of sp³-hybridized carbons (Fsp3) is 0.333. The van der Waals surface area contributed by atoms with Gasteiger partial charge >= 0.3 is 0 Å². The lowest BCUT2D eigenvalue weighted by Gasteiger charge is -2.09. The van der Waals surface area contributed by atoms with E-state index in [-0.39, 0.29) is 5.78 Å². The van der Waals surface area contributed by atoms with Crippen molar-refractivity contribution in [1.82, 2.24) is 9.88 Å². The van der Waals surface area contributed by atoms with E-state index in [1.165, 1.54) is 16.9 Å². The molecular formula is C15H18N2OS. The van der Waals surface area contributed by atoms with Gasteiger partial charge in [0, 0.05) is 19.0 Å². The van der Waals surface area contributed by atoms with Gasteiger partial charge in [-0.3, -0.25) is 4.79 Å². The Bertz CT molecular complexity index is 585. The number of aromatic nitrogens is 1. The summed E-state index contributed by atoms with van der Waals surface area (Å²) in [7, 11) is 4.09. The first kappa shape index (κ1) is 13.9. The van der Waals surface area contributed by atoms with Crippen LogP contribution in [0.3, 0.4) is 0 Å². The van der Waals surface area contributed by atoms with Crippen LogP contribution >= 0.6 is 11.3 Å². The number of carbonyl (C=O) groups excluding carboxylic acids is 1. The molecule has 1 heterocycles. The summed E-state index contributed by atoms with van der Waals surface area (Å²) >= 11 is 1.46. The minimum atomic E-state index is 0.0815. The van der Waals surface area contributed by atoms with Crippen molar-refractivity contribution in [2.45, 2.75) is 20.4 Å². The van der Waals surface area contributed by atoms with Crippen molar-refractivity contribution < 1.29 is 4.79 Å². The number of nitrogens with zero attached hydrogens (tertiary/aromatic N) is 2. The molecule has 0 radical (unpaired) electrons. The monoisotopic (exact) mass is 274 g/mol. The number of hydrogen-bond donors (Lipinski definition) is 0. The van der Waals surface area contributed by atoms with Gasteiger partial charge in [-0.15, -0.1) is 11.3 Å². The molecule has 0 amide bonds. The number of ketones is 1. The fourth-order valence-electron chi connectivity index (χ4n) is 1.99. The number of Topliss-reactive ketones (excluding diaryl/α,β-unsaturated/α-hetero) is 1. The largest absolute Gasteiger partial charge is 0.305 e. The maximum Gasteiger partial charge on any atom is 0.172 e. The zero-order valence-electron chi connectivity index (χ0n) is 11.7. The van der Waals surface area contributed by atoms with Crippen LogP contribution in [0.2, 0.25) is 0 Å².